The van der Waals surface area contributed by atoms with Crippen LogP contribution in [0.25, 0.3) is 0 Å². The predicted octanol–water partition coefficient (Wildman–Crippen LogP) is 0.260. The Hall–Kier alpha value is -1.71. The summed E-state index contributed by atoms with van der Waals surface area (Å²) in [5.41, 5.74) is 0. The molecule has 0 saturated carbocycles. The van der Waals surface area contributed by atoms with Crippen molar-refractivity contribution in [1.29, 1.82) is 0 Å². The van der Waals surface area contributed by atoms with Gasteiger partial charge < -0.3 is 24.3 Å². The molecule has 2 aliphatic rings. The number of aryl methyl sites for hydroxylation is 1. The summed E-state index contributed by atoms with van der Waals surface area (Å²) in [4.78, 5) is 9.66. The van der Waals surface area contributed by atoms with Crippen LogP contribution in [0.1, 0.15) is 25.0 Å². The van der Waals surface area contributed by atoms with Gasteiger partial charge in [-0.15, -0.1) is 10.2 Å². The molecule has 3 heterocycles. The zero-order chi connectivity index (χ0) is 19.8. The number of aromatic nitrogens is 3. The van der Waals surface area contributed by atoms with E-state index in [4.69, 9.17) is 14.5 Å². The minimum atomic E-state index is 0.532. The van der Waals surface area contributed by atoms with Crippen LogP contribution in [0.15, 0.2) is 4.99 Å². The molecular weight excluding hydrogens is 358 g/mol. The number of morpholine rings is 1. The zero-order valence-electron chi connectivity index (χ0n) is 17.6. The largest absolute Gasteiger partial charge is 0.381 e. The Balaban J connectivity index is 1.58. The third-order valence-electron chi connectivity index (χ3n) is 5.51. The Morgan fingerprint density at radius 3 is 2.82 bits per heavy atom. The number of hydrogen-bond acceptors (Lipinski definition) is 6. The second-order valence-corrected chi connectivity index (χ2v) is 7.50. The molecule has 28 heavy (non-hydrogen) atoms. The number of likely N-dealkylation sites (tertiary alicyclic amines) is 1. The molecule has 0 amide bonds. The monoisotopic (exact) mass is 393 g/mol. The molecule has 2 fully saturated rings. The van der Waals surface area contributed by atoms with Crippen molar-refractivity contribution in [3.63, 3.8) is 0 Å². The maximum absolute atomic E-state index is 5.63. The smallest absolute Gasteiger partial charge is 0.194 e. The molecule has 158 valence electrons. The predicted molar refractivity (Wildman–Crippen MR) is 108 cm³/mol. The van der Waals surface area contributed by atoms with Crippen molar-refractivity contribution in [2.24, 2.45) is 18.0 Å². The second kappa shape index (κ2) is 10.7. The van der Waals surface area contributed by atoms with E-state index in [-0.39, 0.29) is 0 Å². The minimum absolute atomic E-state index is 0.532. The van der Waals surface area contributed by atoms with Crippen molar-refractivity contribution < 1.29 is 9.47 Å². The minimum Gasteiger partial charge on any atom is -0.381 e. The van der Waals surface area contributed by atoms with E-state index in [1.54, 1.807) is 0 Å². The summed E-state index contributed by atoms with van der Waals surface area (Å²) in [6.07, 6.45) is 1.15. The fourth-order valence-corrected chi connectivity index (χ4v) is 3.60. The Bertz CT molecular complexity index is 628. The van der Waals surface area contributed by atoms with Crippen LogP contribution in [0.4, 0.5) is 0 Å². The number of aliphatic imine (C=N–C) groups is 1. The zero-order valence-corrected chi connectivity index (χ0v) is 17.6. The van der Waals surface area contributed by atoms with Gasteiger partial charge in [-0.25, -0.2) is 4.99 Å². The molecule has 1 aromatic heterocycles. The summed E-state index contributed by atoms with van der Waals surface area (Å²) in [7, 11) is 1.99. The highest BCUT2D eigenvalue weighted by Gasteiger charge is 2.25. The second-order valence-electron chi connectivity index (χ2n) is 7.50. The van der Waals surface area contributed by atoms with Gasteiger partial charge in [-0.3, -0.25) is 4.90 Å². The average molecular weight is 394 g/mol. The first-order chi connectivity index (χ1) is 13.7. The molecule has 1 unspecified atom stereocenters. The van der Waals surface area contributed by atoms with Gasteiger partial charge in [-0.2, -0.15) is 0 Å². The molecule has 9 heteroatoms. The lowest BCUT2D eigenvalue weighted by atomic mass is 10.1. The highest BCUT2D eigenvalue weighted by molar-refractivity contribution is 5.80. The average Bonchev–Trinajstić information content (AvgIpc) is 3.31. The van der Waals surface area contributed by atoms with Crippen LogP contribution in [0.5, 0.6) is 0 Å². The summed E-state index contributed by atoms with van der Waals surface area (Å²) in [5.74, 6) is 3.33. The van der Waals surface area contributed by atoms with E-state index in [1.165, 1.54) is 0 Å². The van der Waals surface area contributed by atoms with Gasteiger partial charge in [0.1, 0.15) is 12.4 Å². The molecule has 0 bridgehead atoms. The van der Waals surface area contributed by atoms with Crippen LogP contribution >= 0.6 is 0 Å². The van der Waals surface area contributed by atoms with Gasteiger partial charge in [-0.05, 0) is 20.3 Å². The molecule has 0 aromatic carbocycles. The molecule has 3 rings (SSSR count). The Morgan fingerprint density at radius 1 is 1.29 bits per heavy atom. The number of nitrogens with one attached hydrogen (secondary N) is 1. The highest BCUT2D eigenvalue weighted by atomic mass is 16.5. The molecule has 0 radical (unpaired) electrons. The van der Waals surface area contributed by atoms with Gasteiger partial charge in [0, 0.05) is 58.8 Å². The fourth-order valence-electron chi connectivity index (χ4n) is 3.60. The van der Waals surface area contributed by atoms with Crippen LogP contribution in [0.2, 0.25) is 0 Å². The van der Waals surface area contributed by atoms with Crippen LogP contribution in [-0.2, 0) is 23.1 Å². The van der Waals surface area contributed by atoms with E-state index < -0.39 is 0 Å². The van der Waals surface area contributed by atoms with Crippen LogP contribution in [0, 0.1) is 12.8 Å². The van der Waals surface area contributed by atoms with E-state index in [9.17, 15) is 0 Å². The van der Waals surface area contributed by atoms with Crippen molar-refractivity contribution in [2.75, 3.05) is 65.7 Å². The van der Waals surface area contributed by atoms with Gasteiger partial charge in [0.05, 0.1) is 19.8 Å². The van der Waals surface area contributed by atoms with E-state index >= 15 is 0 Å². The molecule has 0 aliphatic carbocycles. The summed E-state index contributed by atoms with van der Waals surface area (Å²) in [5, 5.41) is 12.0. The lowest BCUT2D eigenvalue weighted by Gasteiger charge is -2.28. The van der Waals surface area contributed by atoms with Gasteiger partial charge in [0.2, 0.25) is 0 Å². The Morgan fingerprint density at radius 2 is 2.11 bits per heavy atom. The van der Waals surface area contributed by atoms with Gasteiger partial charge in [0.25, 0.3) is 0 Å². The lowest BCUT2D eigenvalue weighted by Crippen LogP contribution is -2.45. The standard InChI is InChI=1S/C19H35N7O2/c1-4-27-15-17-5-7-26(14-17)19(20-6-8-25-9-11-28-12-10-25)21-13-18-23-22-16(2)24(18)3/h17H,4-15H2,1-3H3,(H,20,21). The number of ether oxygens (including phenoxy) is 2. The topological polar surface area (TPSA) is 80.0 Å². The molecular formula is C19H35N7O2. The van der Waals surface area contributed by atoms with E-state index in [1.807, 2.05) is 18.5 Å². The highest BCUT2D eigenvalue weighted by Crippen LogP contribution is 2.17. The quantitative estimate of drug-likeness (QED) is 0.501. The number of rotatable bonds is 8. The fraction of sp³-hybridized carbons (Fsp3) is 0.842. The number of guanidine groups is 1. The molecule has 1 aromatic rings. The number of nitrogens with zero attached hydrogens (tertiary/aromatic N) is 6. The first-order valence-corrected chi connectivity index (χ1v) is 10.4. The molecule has 1 N–H and O–H groups in total. The third kappa shape index (κ3) is 5.89. The van der Waals surface area contributed by atoms with Crippen molar-refractivity contribution in [1.82, 2.24) is 29.9 Å². The molecule has 9 nitrogen and oxygen atoms in total. The normalized spacial score (nSPS) is 21.5. The van der Waals surface area contributed by atoms with E-state index in [0.29, 0.717) is 12.5 Å². The van der Waals surface area contributed by atoms with Crippen molar-refractivity contribution >= 4 is 5.96 Å². The van der Waals surface area contributed by atoms with Crippen LogP contribution < -0.4 is 5.32 Å². The van der Waals surface area contributed by atoms with Gasteiger partial charge in [0.15, 0.2) is 11.8 Å². The van der Waals surface area contributed by atoms with Crippen molar-refractivity contribution in [2.45, 2.75) is 26.8 Å². The number of hydrogen-bond donors (Lipinski definition) is 1. The molecule has 0 spiro atoms. The van der Waals surface area contributed by atoms with E-state index in [0.717, 1.165) is 89.7 Å². The summed E-state index contributed by atoms with van der Waals surface area (Å²) < 4.78 is 13.1. The van der Waals surface area contributed by atoms with Crippen molar-refractivity contribution in [3.8, 4) is 0 Å². The van der Waals surface area contributed by atoms with Crippen LogP contribution in [-0.4, -0.2) is 96.2 Å². The molecule has 2 saturated heterocycles. The Labute approximate surface area is 168 Å². The first kappa shape index (κ1) is 21.0. The lowest BCUT2D eigenvalue weighted by molar-refractivity contribution is 0.0388. The molecule has 1 atom stereocenters. The third-order valence-corrected chi connectivity index (χ3v) is 5.51. The SMILES string of the molecule is CCOCC1CCN(C(=NCc2nnc(C)n2C)NCCN2CCOCC2)C1. The van der Waals surface area contributed by atoms with Gasteiger partial charge in [-0.1, -0.05) is 0 Å². The maximum atomic E-state index is 5.63. The summed E-state index contributed by atoms with van der Waals surface area (Å²) in [6, 6.07) is 0. The van der Waals surface area contributed by atoms with Crippen molar-refractivity contribution in [3.05, 3.63) is 11.6 Å². The summed E-state index contributed by atoms with van der Waals surface area (Å²) in [6.45, 7) is 13.7. The van der Waals surface area contributed by atoms with Gasteiger partial charge >= 0.3 is 0 Å². The first-order valence-electron chi connectivity index (χ1n) is 10.4. The maximum Gasteiger partial charge on any atom is 0.194 e. The summed E-state index contributed by atoms with van der Waals surface area (Å²) >= 11 is 0. The van der Waals surface area contributed by atoms with E-state index in [2.05, 4.69) is 32.2 Å². The Kier molecular flexibility index (Phi) is 8.05. The molecule has 2 aliphatic heterocycles. The van der Waals surface area contributed by atoms with Crippen LogP contribution in [0.3, 0.4) is 0 Å².